The largest absolute Gasteiger partial charge is 0.484 e. The Morgan fingerprint density at radius 3 is 2.28 bits per heavy atom. The second-order valence-corrected chi connectivity index (χ2v) is 7.94. The molecule has 0 bridgehead atoms. The highest BCUT2D eigenvalue weighted by molar-refractivity contribution is 7.10. The minimum Gasteiger partial charge on any atom is -0.484 e. The summed E-state index contributed by atoms with van der Waals surface area (Å²) in [4.78, 5) is 27.1. The lowest BCUT2D eigenvalue weighted by Gasteiger charge is -2.20. The lowest BCUT2D eigenvalue weighted by atomic mass is 10.0. The lowest BCUT2D eigenvalue weighted by Crippen LogP contribution is -3.06. The molecule has 3 aromatic rings. The van der Waals surface area contributed by atoms with Gasteiger partial charge in [0, 0.05) is 11.1 Å². The van der Waals surface area contributed by atoms with Crippen molar-refractivity contribution in [3.8, 4) is 5.75 Å². The minimum absolute atomic E-state index is 0.0410. The maximum Gasteiger partial charge on any atom is 0.258 e. The van der Waals surface area contributed by atoms with Crippen LogP contribution in [-0.4, -0.2) is 38.9 Å². The highest BCUT2D eigenvalue weighted by atomic mass is 32.1. The standard InChI is InChI=1S/C23H24N2O3S/c1-25(2)20(21-9-6-14-29-21)15-24-22(26)16-28-19-12-10-18(11-13-19)23(27)17-7-4-3-5-8-17/h3-14,20H,15-16H2,1-2H3,(H,24,26)/p+1/t20-/m0/s1. The highest BCUT2D eigenvalue weighted by Crippen LogP contribution is 2.16. The molecule has 1 aromatic heterocycles. The monoisotopic (exact) mass is 409 g/mol. The maximum absolute atomic E-state index is 12.4. The second-order valence-electron chi connectivity index (χ2n) is 6.96. The number of carbonyl (C=O) groups excluding carboxylic acids is 2. The van der Waals surface area contributed by atoms with E-state index in [2.05, 4.69) is 25.5 Å². The van der Waals surface area contributed by atoms with Crippen LogP contribution < -0.4 is 15.0 Å². The van der Waals surface area contributed by atoms with E-state index in [0.717, 1.165) is 0 Å². The lowest BCUT2D eigenvalue weighted by molar-refractivity contribution is -0.890. The second kappa shape index (κ2) is 10.0. The van der Waals surface area contributed by atoms with Crippen LogP contribution >= 0.6 is 11.3 Å². The Balaban J connectivity index is 1.49. The van der Waals surface area contributed by atoms with Gasteiger partial charge >= 0.3 is 0 Å². The fourth-order valence-corrected chi connectivity index (χ4v) is 3.91. The number of likely N-dealkylation sites (N-methyl/N-ethyl adjacent to an activating group) is 1. The number of ketones is 1. The highest BCUT2D eigenvalue weighted by Gasteiger charge is 2.19. The van der Waals surface area contributed by atoms with Crippen molar-refractivity contribution < 1.29 is 19.2 Å². The van der Waals surface area contributed by atoms with E-state index in [1.165, 1.54) is 9.78 Å². The van der Waals surface area contributed by atoms with Gasteiger partial charge in [-0.15, -0.1) is 11.3 Å². The molecule has 5 nitrogen and oxygen atoms in total. The van der Waals surface area contributed by atoms with Crippen molar-refractivity contribution in [2.45, 2.75) is 6.04 Å². The van der Waals surface area contributed by atoms with Gasteiger partial charge in [-0.05, 0) is 35.7 Å². The number of hydrogen-bond donors (Lipinski definition) is 2. The Labute approximate surface area is 174 Å². The predicted octanol–water partition coefficient (Wildman–Crippen LogP) is 2.36. The van der Waals surface area contributed by atoms with Gasteiger partial charge in [-0.2, -0.15) is 0 Å². The van der Waals surface area contributed by atoms with Crippen LogP contribution in [0.1, 0.15) is 26.8 Å². The molecule has 0 unspecified atom stereocenters. The van der Waals surface area contributed by atoms with Gasteiger partial charge in [0.15, 0.2) is 12.4 Å². The van der Waals surface area contributed by atoms with Gasteiger partial charge in [0.05, 0.1) is 25.5 Å². The zero-order chi connectivity index (χ0) is 20.6. The molecule has 0 spiro atoms. The van der Waals surface area contributed by atoms with E-state index in [1.807, 2.05) is 29.6 Å². The average Bonchev–Trinajstić information content (AvgIpc) is 3.27. The first-order chi connectivity index (χ1) is 14.0. The molecule has 0 radical (unpaired) electrons. The number of rotatable bonds is 9. The molecule has 0 aliphatic carbocycles. The molecule has 2 N–H and O–H groups in total. The van der Waals surface area contributed by atoms with Crippen molar-refractivity contribution in [1.82, 2.24) is 5.32 Å². The van der Waals surface area contributed by atoms with E-state index < -0.39 is 0 Å². The molecular formula is C23H25N2O3S+. The van der Waals surface area contributed by atoms with E-state index in [9.17, 15) is 9.59 Å². The van der Waals surface area contributed by atoms with Crippen LogP contribution in [0.2, 0.25) is 0 Å². The minimum atomic E-state index is -0.169. The van der Waals surface area contributed by atoms with Crippen LogP contribution in [0.15, 0.2) is 72.1 Å². The number of carbonyl (C=O) groups is 2. The average molecular weight is 410 g/mol. The summed E-state index contributed by atoms with van der Waals surface area (Å²) < 4.78 is 5.56. The molecule has 0 saturated heterocycles. The van der Waals surface area contributed by atoms with E-state index in [4.69, 9.17) is 4.74 Å². The van der Waals surface area contributed by atoms with Crippen molar-refractivity contribution in [3.05, 3.63) is 88.1 Å². The number of benzene rings is 2. The molecule has 1 amide bonds. The fourth-order valence-electron chi connectivity index (χ4n) is 2.95. The van der Waals surface area contributed by atoms with Crippen LogP contribution in [0, 0.1) is 0 Å². The van der Waals surface area contributed by atoms with E-state index in [0.29, 0.717) is 23.4 Å². The van der Waals surface area contributed by atoms with Gasteiger partial charge in [-0.3, -0.25) is 9.59 Å². The summed E-state index contributed by atoms with van der Waals surface area (Å²) in [6.45, 7) is 0.488. The summed E-state index contributed by atoms with van der Waals surface area (Å²) in [5, 5.41) is 4.99. The van der Waals surface area contributed by atoms with Gasteiger partial charge in [0.2, 0.25) is 0 Å². The number of ether oxygens (including phenoxy) is 1. The van der Waals surface area contributed by atoms with Crippen molar-refractivity contribution in [1.29, 1.82) is 0 Å². The normalized spacial score (nSPS) is 11.8. The van der Waals surface area contributed by atoms with Crippen LogP contribution in [0.4, 0.5) is 0 Å². The van der Waals surface area contributed by atoms with Gasteiger partial charge in [0.25, 0.3) is 5.91 Å². The van der Waals surface area contributed by atoms with Gasteiger partial charge in [-0.1, -0.05) is 36.4 Å². The number of thiophene rings is 1. The zero-order valence-corrected chi connectivity index (χ0v) is 17.4. The summed E-state index contributed by atoms with van der Waals surface area (Å²) in [5.74, 6) is 0.343. The fraction of sp³-hybridized carbons (Fsp3) is 0.217. The third kappa shape index (κ3) is 5.76. The quantitative estimate of drug-likeness (QED) is 0.534. The van der Waals surface area contributed by atoms with Crippen LogP contribution in [-0.2, 0) is 4.79 Å². The number of amides is 1. The first kappa shape index (κ1) is 20.8. The number of quaternary nitrogens is 1. The van der Waals surface area contributed by atoms with E-state index in [-0.39, 0.29) is 24.3 Å². The topological polar surface area (TPSA) is 59.8 Å². The Kier molecular flexibility index (Phi) is 7.16. The first-order valence-electron chi connectivity index (χ1n) is 9.47. The summed E-state index contributed by atoms with van der Waals surface area (Å²) in [7, 11) is 4.15. The molecule has 150 valence electrons. The molecule has 29 heavy (non-hydrogen) atoms. The Morgan fingerprint density at radius 2 is 1.66 bits per heavy atom. The molecular weight excluding hydrogens is 384 g/mol. The third-order valence-corrected chi connectivity index (χ3v) is 5.60. The summed E-state index contributed by atoms with van der Waals surface area (Å²) in [5.41, 5.74) is 1.23. The molecule has 0 saturated carbocycles. The van der Waals surface area contributed by atoms with Gasteiger partial charge < -0.3 is 15.0 Å². The van der Waals surface area contributed by atoms with Crippen LogP contribution in [0.25, 0.3) is 0 Å². The Bertz CT molecular complexity index is 923. The number of hydrogen-bond acceptors (Lipinski definition) is 4. The predicted molar refractivity (Wildman–Crippen MR) is 115 cm³/mol. The molecule has 0 fully saturated rings. The Morgan fingerprint density at radius 1 is 0.966 bits per heavy atom. The van der Waals surface area contributed by atoms with Gasteiger partial charge in [-0.25, -0.2) is 0 Å². The maximum atomic E-state index is 12.4. The first-order valence-corrected chi connectivity index (χ1v) is 10.4. The molecule has 1 heterocycles. The zero-order valence-electron chi connectivity index (χ0n) is 16.6. The molecule has 0 aliphatic heterocycles. The summed E-state index contributed by atoms with van der Waals surface area (Å²) in [6.07, 6.45) is 0. The summed E-state index contributed by atoms with van der Waals surface area (Å²) in [6, 6.07) is 20.3. The smallest absolute Gasteiger partial charge is 0.258 e. The molecule has 6 heteroatoms. The van der Waals surface area contributed by atoms with Crippen molar-refractivity contribution in [2.24, 2.45) is 0 Å². The van der Waals surface area contributed by atoms with Crippen molar-refractivity contribution in [3.63, 3.8) is 0 Å². The van der Waals surface area contributed by atoms with Gasteiger partial charge in [0.1, 0.15) is 11.8 Å². The summed E-state index contributed by atoms with van der Waals surface area (Å²) >= 11 is 1.69. The number of nitrogens with one attached hydrogen (secondary N) is 2. The molecule has 2 aromatic carbocycles. The van der Waals surface area contributed by atoms with Crippen LogP contribution in [0.5, 0.6) is 5.75 Å². The van der Waals surface area contributed by atoms with Crippen molar-refractivity contribution in [2.75, 3.05) is 27.2 Å². The van der Waals surface area contributed by atoms with E-state index in [1.54, 1.807) is 47.7 Å². The van der Waals surface area contributed by atoms with Crippen LogP contribution in [0.3, 0.4) is 0 Å². The SMILES string of the molecule is C[NH+](C)[C@@H](CNC(=O)COc1ccc(C(=O)c2ccccc2)cc1)c1cccs1. The molecule has 0 aliphatic rings. The molecule has 1 atom stereocenters. The van der Waals surface area contributed by atoms with Crippen molar-refractivity contribution >= 4 is 23.0 Å². The third-order valence-electron chi connectivity index (χ3n) is 4.61. The molecule has 3 rings (SSSR count). The van der Waals surface area contributed by atoms with E-state index >= 15 is 0 Å². The Hall–Kier alpha value is -2.96.